The maximum absolute atomic E-state index is 13.1. The molecule has 6 aliphatic carbocycles. The Hall–Kier alpha value is -3.36. The third kappa shape index (κ3) is 5.00. The van der Waals surface area contributed by atoms with Crippen LogP contribution >= 0.6 is 0 Å². The Morgan fingerprint density at radius 1 is 0.646 bits per heavy atom. The monoisotopic (exact) mass is 656 g/mol. The van der Waals surface area contributed by atoms with E-state index in [0.717, 1.165) is 111 Å². The number of aromatic hydroxyl groups is 2. The summed E-state index contributed by atoms with van der Waals surface area (Å²) in [5.74, 6) is 1.22. The van der Waals surface area contributed by atoms with Gasteiger partial charge < -0.3 is 29.9 Å². The van der Waals surface area contributed by atoms with Crippen molar-refractivity contribution in [3.63, 3.8) is 0 Å². The number of hydrogen-bond acceptors (Lipinski definition) is 8. The Labute approximate surface area is 282 Å². The smallest absolute Gasteiger partial charge is 0.336 e. The fraction of sp³-hybridized carbons (Fsp3) is 0.600. The lowest BCUT2D eigenvalue weighted by Crippen LogP contribution is -2.44. The summed E-state index contributed by atoms with van der Waals surface area (Å²) in [7, 11) is 0. The van der Waals surface area contributed by atoms with Crippen LogP contribution in [0, 0.1) is 34.5 Å². The number of rotatable bonds is 4. The Morgan fingerprint density at radius 3 is 1.48 bits per heavy atom. The van der Waals surface area contributed by atoms with Crippen LogP contribution in [-0.4, -0.2) is 44.6 Å². The van der Waals surface area contributed by atoms with E-state index in [2.05, 4.69) is 13.8 Å². The zero-order valence-corrected chi connectivity index (χ0v) is 28.0. The predicted octanol–water partition coefficient (Wildman–Crippen LogP) is 6.60. The van der Waals surface area contributed by atoms with Gasteiger partial charge in [0.2, 0.25) is 0 Å². The molecule has 48 heavy (non-hydrogen) atoms. The van der Waals surface area contributed by atoms with Crippen molar-refractivity contribution in [2.24, 2.45) is 34.5 Å². The van der Waals surface area contributed by atoms with Crippen LogP contribution in [0.4, 0.5) is 0 Å². The van der Waals surface area contributed by atoms with Crippen molar-refractivity contribution in [2.75, 3.05) is 0 Å². The second kappa shape index (κ2) is 11.6. The van der Waals surface area contributed by atoms with E-state index < -0.39 is 11.9 Å². The number of benzene rings is 2. The minimum absolute atomic E-state index is 0.0393. The van der Waals surface area contributed by atoms with Crippen molar-refractivity contribution in [3.8, 4) is 23.0 Å². The summed E-state index contributed by atoms with van der Waals surface area (Å²) in [6, 6.07) is 6.54. The third-order valence-corrected chi connectivity index (χ3v) is 14.2. The van der Waals surface area contributed by atoms with E-state index in [1.54, 1.807) is 12.1 Å². The highest BCUT2D eigenvalue weighted by Crippen LogP contribution is 2.63. The largest absolute Gasteiger partial charge is 0.508 e. The van der Waals surface area contributed by atoms with Gasteiger partial charge in [-0.15, -0.1) is 0 Å². The number of aliphatic hydroxyl groups excluding tert-OH is 2. The molecular formula is C40H48O8. The Bertz CT molecular complexity index is 1560. The molecule has 0 saturated heterocycles. The number of ether oxygens (including phenoxy) is 2. The van der Waals surface area contributed by atoms with Crippen molar-refractivity contribution < 1.29 is 39.5 Å². The van der Waals surface area contributed by atoms with Gasteiger partial charge in [0.05, 0.1) is 12.2 Å². The van der Waals surface area contributed by atoms with Gasteiger partial charge >= 0.3 is 11.9 Å². The summed E-state index contributed by atoms with van der Waals surface area (Å²) >= 11 is 0. The van der Waals surface area contributed by atoms with Crippen LogP contribution in [0.1, 0.15) is 112 Å². The summed E-state index contributed by atoms with van der Waals surface area (Å²) in [4.78, 5) is 26.3. The molecule has 4 saturated carbocycles. The molecule has 256 valence electrons. The maximum Gasteiger partial charge on any atom is 0.336 e. The molecule has 10 atom stereocenters. The average Bonchev–Trinajstić information content (AvgIpc) is 3.53. The van der Waals surface area contributed by atoms with Gasteiger partial charge in [0, 0.05) is 35.4 Å². The molecule has 0 amide bonds. The number of phenolic OH excluding ortho intramolecular Hbond substituents is 2. The van der Waals surface area contributed by atoms with Crippen molar-refractivity contribution in [1.82, 2.24) is 0 Å². The summed E-state index contributed by atoms with van der Waals surface area (Å²) < 4.78 is 11.7. The SMILES string of the molecule is C[C@]12CC[C@@H]3c4c(cc(O)cc4OC(=O)/C=C/C(=O)Oc4cc(O)cc5c4[C@H]4CC[C@]6(C)[C@H](O)CC[C@H]6[C@@H]4CC5)CC[C@H]3[C@@H]1CC[C@H]2O. The number of carbonyl (C=O) groups excluding carboxylic acids is 2. The molecule has 0 unspecified atom stereocenters. The zero-order chi connectivity index (χ0) is 33.5. The standard InChI is InChI=1S/C40H48O8/c1-39-15-13-27-25(29(39)7-9-33(39)43)5-3-21-17-23(41)19-31(37(21)27)47-35(45)11-12-36(46)48-32-20-24(42)18-22-4-6-26-28(38(22)32)14-16-40(2)30(26)8-10-34(40)44/h11-12,17-20,25-30,33-34,41-44H,3-10,13-16H2,1-2H3/b12-11+/t25-,26-,27+,28+,29+,30+,33-,34-,39+,40+/m1/s1. The third-order valence-electron chi connectivity index (χ3n) is 14.2. The molecule has 0 bridgehead atoms. The molecule has 0 aliphatic heterocycles. The van der Waals surface area contributed by atoms with Crippen LogP contribution < -0.4 is 9.47 Å². The van der Waals surface area contributed by atoms with Gasteiger partial charge in [-0.1, -0.05) is 13.8 Å². The average molecular weight is 657 g/mol. The number of phenols is 2. The summed E-state index contributed by atoms with van der Waals surface area (Å²) in [6.45, 7) is 4.44. The molecule has 0 radical (unpaired) electrons. The summed E-state index contributed by atoms with van der Waals surface area (Å²) in [5, 5.41) is 42.6. The first kappa shape index (κ1) is 31.9. The van der Waals surface area contributed by atoms with Crippen LogP contribution in [0.5, 0.6) is 23.0 Å². The number of hydrogen-bond donors (Lipinski definition) is 4. The van der Waals surface area contributed by atoms with Crippen molar-refractivity contribution in [3.05, 3.63) is 58.7 Å². The van der Waals surface area contributed by atoms with E-state index >= 15 is 0 Å². The van der Waals surface area contributed by atoms with Crippen LogP contribution in [0.2, 0.25) is 0 Å². The van der Waals surface area contributed by atoms with Gasteiger partial charge in [0.1, 0.15) is 23.0 Å². The number of carbonyl (C=O) groups is 2. The molecule has 4 N–H and O–H groups in total. The molecule has 8 rings (SSSR count). The predicted molar refractivity (Wildman–Crippen MR) is 178 cm³/mol. The molecule has 4 fully saturated rings. The number of aryl methyl sites for hydroxylation is 2. The number of aliphatic hydroxyl groups is 2. The highest BCUT2D eigenvalue weighted by molar-refractivity contribution is 5.93. The molecule has 8 nitrogen and oxygen atoms in total. The van der Waals surface area contributed by atoms with E-state index in [0.29, 0.717) is 35.2 Å². The van der Waals surface area contributed by atoms with Crippen LogP contribution in [0.3, 0.4) is 0 Å². The molecule has 6 aliphatic rings. The number of esters is 2. The fourth-order valence-electron chi connectivity index (χ4n) is 11.9. The molecule has 8 heteroatoms. The van der Waals surface area contributed by atoms with Gasteiger partial charge in [-0.3, -0.25) is 0 Å². The molecule has 2 aromatic carbocycles. The zero-order valence-electron chi connectivity index (χ0n) is 28.0. The van der Waals surface area contributed by atoms with Crippen LogP contribution in [-0.2, 0) is 22.4 Å². The van der Waals surface area contributed by atoms with Crippen molar-refractivity contribution in [2.45, 2.75) is 115 Å². The Morgan fingerprint density at radius 2 is 1.06 bits per heavy atom. The molecule has 0 spiro atoms. The van der Waals surface area contributed by atoms with Crippen molar-refractivity contribution in [1.29, 1.82) is 0 Å². The topological polar surface area (TPSA) is 134 Å². The van der Waals surface area contributed by atoms with Gasteiger partial charge in [-0.05, 0) is 147 Å². The normalized spacial score (nSPS) is 37.8. The molecule has 0 aromatic heterocycles. The lowest BCUT2D eigenvalue weighted by atomic mass is 9.55. The first-order valence-electron chi connectivity index (χ1n) is 18.2. The van der Waals surface area contributed by atoms with E-state index in [4.69, 9.17) is 9.47 Å². The quantitative estimate of drug-likeness (QED) is 0.164. The van der Waals surface area contributed by atoms with Gasteiger partial charge in [0.15, 0.2) is 0 Å². The van der Waals surface area contributed by atoms with Crippen LogP contribution in [0.25, 0.3) is 0 Å². The minimum Gasteiger partial charge on any atom is -0.508 e. The first-order chi connectivity index (χ1) is 23.0. The minimum atomic E-state index is -0.733. The first-order valence-corrected chi connectivity index (χ1v) is 18.2. The van der Waals surface area contributed by atoms with Crippen molar-refractivity contribution >= 4 is 11.9 Å². The highest BCUT2D eigenvalue weighted by Gasteiger charge is 2.56. The summed E-state index contributed by atoms with van der Waals surface area (Å²) in [6.07, 6.45) is 12.3. The van der Waals surface area contributed by atoms with E-state index in [-0.39, 0.29) is 46.4 Å². The summed E-state index contributed by atoms with van der Waals surface area (Å²) in [5.41, 5.74) is 3.76. The fourth-order valence-corrected chi connectivity index (χ4v) is 11.9. The second-order valence-corrected chi connectivity index (χ2v) is 16.3. The number of fused-ring (bicyclic) bond motifs is 10. The lowest BCUT2D eigenvalue weighted by molar-refractivity contribution is -0.131. The lowest BCUT2D eigenvalue weighted by Gasteiger charge is -2.50. The van der Waals surface area contributed by atoms with E-state index in [1.165, 1.54) is 12.1 Å². The van der Waals surface area contributed by atoms with Gasteiger partial charge in [-0.2, -0.15) is 0 Å². The van der Waals surface area contributed by atoms with Crippen LogP contribution in [0.15, 0.2) is 36.4 Å². The Kier molecular flexibility index (Phi) is 7.72. The highest BCUT2D eigenvalue weighted by atomic mass is 16.5. The van der Waals surface area contributed by atoms with Gasteiger partial charge in [-0.25, -0.2) is 9.59 Å². The molecule has 0 heterocycles. The second-order valence-electron chi connectivity index (χ2n) is 16.3. The van der Waals surface area contributed by atoms with E-state index in [1.807, 2.05) is 0 Å². The van der Waals surface area contributed by atoms with E-state index in [9.17, 15) is 30.0 Å². The Balaban J connectivity index is 0.993. The molecular weight excluding hydrogens is 608 g/mol. The van der Waals surface area contributed by atoms with Gasteiger partial charge in [0.25, 0.3) is 0 Å². The maximum atomic E-state index is 13.1. The molecule has 2 aromatic rings.